The number of halogens is 1. The summed E-state index contributed by atoms with van der Waals surface area (Å²) >= 11 is 3.29. The van der Waals surface area contributed by atoms with Crippen molar-refractivity contribution < 1.29 is 14.9 Å². The van der Waals surface area contributed by atoms with E-state index < -0.39 is 0 Å². The number of rotatable bonds is 1. The first-order chi connectivity index (χ1) is 7.16. The molecule has 1 heterocycles. The molecule has 15 heavy (non-hydrogen) atoms. The van der Waals surface area contributed by atoms with E-state index in [1.165, 1.54) is 12.1 Å². The van der Waals surface area contributed by atoms with Crippen LogP contribution in [-0.2, 0) is 4.74 Å². The Bertz CT molecular complexity index is 401. The molecule has 0 saturated carbocycles. The van der Waals surface area contributed by atoms with Crippen molar-refractivity contribution in [3.05, 3.63) is 34.5 Å². The van der Waals surface area contributed by atoms with Crippen LogP contribution in [0.15, 0.2) is 28.9 Å². The Hall–Kier alpha value is -1.16. The van der Waals surface area contributed by atoms with Gasteiger partial charge in [0.1, 0.15) is 6.10 Å². The standard InChI is InChI=1S/C11H11BrO3/c12-11-3-1-2-10(15-11)7-4-5-8(13)9(14)6-7/h3-6,10,13-14H,1-2H2. The van der Waals surface area contributed by atoms with Crippen LogP contribution < -0.4 is 0 Å². The highest BCUT2D eigenvalue weighted by molar-refractivity contribution is 9.11. The van der Waals surface area contributed by atoms with Crippen LogP contribution in [0.25, 0.3) is 0 Å². The van der Waals surface area contributed by atoms with Crippen LogP contribution in [0.3, 0.4) is 0 Å². The second kappa shape index (κ2) is 4.14. The molecule has 0 aliphatic carbocycles. The van der Waals surface area contributed by atoms with Crippen LogP contribution >= 0.6 is 15.9 Å². The number of hydrogen-bond donors (Lipinski definition) is 2. The summed E-state index contributed by atoms with van der Waals surface area (Å²) in [5.41, 5.74) is 0.871. The average Bonchev–Trinajstić information content (AvgIpc) is 2.22. The predicted molar refractivity (Wildman–Crippen MR) is 59.8 cm³/mol. The molecule has 1 aliphatic heterocycles. The third-order valence-electron chi connectivity index (χ3n) is 2.36. The van der Waals surface area contributed by atoms with E-state index in [1.807, 2.05) is 6.08 Å². The van der Waals surface area contributed by atoms with Gasteiger partial charge in [-0.15, -0.1) is 0 Å². The molecule has 0 fully saturated rings. The summed E-state index contributed by atoms with van der Waals surface area (Å²) in [6, 6.07) is 4.76. The van der Waals surface area contributed by atoms with Crippen LogP contribution in [0.4, 0.5) is 0 Å². The van der Waals surface area contributed by atoms with Gasteiger partial charge in [-0.25, -0.2) is 0 Å². The zero-order chi connectivity index (χ0) is 10.8. The van der Waals surface area contributed by atoms with E-state index >= 15 is 0 Å². The van der Waals surface area contributed by atoms with Gasteiger partial charge in [-0.3, -0.25) is 0 Å². The van der Waals surface area contributed by atoms with Gasteiger partial charge in [0.25, 0.3) is 0 Å². The number of ether oxygens (including phenoxy) is 1. The van der Waals surface area contributed by atoms with Crippen molar-refractivity contribution in [2.24, 2.45) is 0 Å². The zero-order valence-corrected chi connectivity index (χ0v) is 9.57. The number of phenolic OH excluding ortho intramolecular Hbond substituents is 2. The van der Waals surface area contributed by atoms with Gasteiger partial charge in [-0.2, -0.15) is 0 Å². The number of hydrogen-bond acceptors (Lipinski definition) is 3. The summed E-state index contributed by atoms with van der Waals surface area (Å²) in [5.74, 6) is -0.217. The molecule has 0 saturated heterocycles. The molecule has 0 amide bonds. The quantitative estimate of drug-likeness (QED) is 0.771. The van der Waals surface area contributed by atoms with Crippen LogP contribution in [0.5, 0.6) is 11.5 Å². The summed E-state index contributed by atoms with van der Waals surface area (Å²) in [5, 5.41) is 18.5. The molecule has 4 heteroatoms. The Morgan fingerprint density at radius 3 is 2.73 bits per heavy atom. The Balaban J connectivity index is 2.23. The fourth-order valence-corrected chi connectivity index (χ4v) is 2.02. The van der Waals surface area contributed by atoms with E-state index in [1.54, 1.807) is 6.07 Å². The summed E-state index contributed by atoms with van der Waals surface area (Å²) in [6.07, 6.45) is 3.72. The largest absolute Gasteiger partial charge is 0.504 e. The fraction of sp³-hybridized carbons (Fsp3) is 0.273. The maximum atomic E-state index is 9.36. The molecule has 1 atom stereocenters. The molecule has 1 aliphatic rings. The molecule has 2 N–H and O–H groups in total. The summed E-state index contributed by atoms with van der Waals surface area (Å²) in [7, 11) is 0. The number of benzene rings is 1. The Morgan fingerprint density at radius 2 is 2.07 bits per heavy atom. The Morgan fingerprint density at radius 1 is 1.27 bits per heavy atom. The molecule has 80 valence electrons. The summed E-state index contributed by atoms with van der Waals surface area (Å²) < 4.78 is 6.28. The summed E-state index contributed by atoms with van der Waals surface area (Å²) in [4.78, 5) is 0. The van der Waals surface area contributed by atoms with Gasteiger partial charge in [0.2, 0.25) is 0 Å². The lowest BCUT2D eigenvalue weighted by atomic mass is 10.0. The summed E-state index contributed by atoms with van der Waals surface area (Å²) in [6.45, 7) is 0. The maximum Gasteiger partial charge on any atom is 0.159 e. The van der Waals surface area contributed by atoms with E-state index in [-0.39, 0.29) is 17.6 Å². The van der Waals surface area contributed by atoms with Gasteiger partial charge in [0.05, 0.1) is 0 Å². The molecule has 0 spiro atoms. The molecule has 1 unspecified atom stereocenters. The first-order valence-electron chi connectivity index (χ1n) is 4.71. The lowest BCUT2D eigenvalue weighted by Gasteiger charge is -2.22. The minimum absolute atomic E-state index is 0.0594. The van der Waals surface area contributed by atoms with Crippen LogP contribution in [0, 0.1) is 0 Å². The van der Waals surface area contributed by atoms with E-state index in [2.05, 4.69) is 15.9 Å². The minimum Gasteiger partial charge on any atom is -0.504 e. The van der Waals surface area contributed by atoms with Crippen LogP contribution in [-0.4, -0.2) is 10.2 Å². The van der Waals surface area contributed by atoms with Crippen molar-refractivity contribution in [2.45, 2.75) is 18.9 Å². The smallest absolute Gasteiger partial charge is 0.159 e. The lowest BCUT2D eigenvalue weighted by molar-refractivity contribution is 0.118. The molecule has 1 aromatic rings. The lowest BCUT2D eigenvalue weighted by Crippen LogP contribution is -2.05. The zero-order valence-electron chi connectivity index (χ0n) is 7.98. The van der Waals surface area contributed by atoms with Gasteiger partial charge >= 0.3 is 0 Å². The molecule has 2 rings (SSSR count). The Labute approximate surface area is 96.1 Å². The third kappa shape index (κ3) is 2.26. The van der Waals surface area contributed by atoms with Crippen LogP contribution in [0.2, 0.25) is 0 Å². The van der Waals surface area contributed by atoms with Gasteiger partial charge in [0.15, 0.2) is 16.2 Å². The van der Waals surface area contributed by atoms with E-state index in [0.29, 0.717) is 0 Å². The molecule has 3 nitrogen and oxygen atoms in total. The topological polar surface area (TPSA) is 49.7 Å². The Kier molecular flexibility index (Phi) is 2.86. The maximum absolute atomic E-state index is 9.36. The SMILES string of the molecule is Oc1ccc(C2CCC=C(Br)O2)cc1O. The van der Waals surface area contributed by atoms with E-state index in [4.69, 9.17) is 4.74 Å². The molecule has 0 radical (unpaired) electrons. The monoisotopic (exact) mass is 270 g/mol. The number of allylic oxidation sites excluding steroid dienone is 1. The third-order valence-corrected chi connectivity index (χ3v) is 2.87. The minimum atomic E-state index is -0.109. The highest BCUT2D eigenvalue weighted by Crippen LogP contribution is 2.35. The van der Waals surface area contributed by atoms with Crippen molar-refractivity contribution in [1.29, 1.82) is 0 Å². The normalized spacial score (nSPS) is 20.6. The van der Waals surface area contributed by atoms with E-state index in [9.17, 15) is 10.2 Å². The van der Waals surface area contributed by atoms with Gasteiger partial charge < -0.3 is 14.9 Å². The fourth-order valence-electron chi connectivity index (χ4n) is 1.57. The molecular formula is C11H11BrO3. The second-order valence-electron chi connectivity index (χ2n) is 3.44. The molecular weight excluding hydrogens is 260 g/mol. The van der Waals surface area contributed by atoms with Gasteiger partial charge in [0, 0.05) is 0 Å². The van der Waals surface area contributed by atoms with Crippen LogP contribution in [0.1, 0.15) is 24.5 Å². The first-order valence-corrected chi connectivity index (χ1v) is 5.50. The highest BCUT2D eigenvalue weighted by Gasteiger charge is 2.18. The van der Waals surface area contributed by atoms with Crippen molar-refractivity contribution >= 4 is 15.9 Å². The highest BCUT2D eigenvalue weighted by atomic mass is 79.9. The predicted octanol–water partition coefficient (Wildman–Crippen LogP) is 3.19. The van der Waals surface area contributed by atoms with Crippen molar-refractivity contribution in [3.8, 4) is 11.5 Å². The average molecular weight is 271 g/mol. The van der Waals surface area contributed by atoms with Crippen molar-refractivity contribution in [2.75, 3.05) is 0 Å². The number of phenols is 2. The molecule has 1 aromatic carbocycles. The van der Waals surface area contributed by atoms with Crippen molar-refractivity contribution in [1.82, 2.24) is 0 Å². The number of aromatic hydroxyl groups is 2. The molecule has 0 aromatic heterocycles. The molecule has 0 bridgehead atoms. The first kappa shape index (κ1) is 10.4. The van der Waals surface area contributed by atoms with Crippen molar-refractivity contribution in [3.63, 3.8) is 0 Å². The van der Waals surface area contributed by atoms with Gasteiger partial charge in [-0.05, 0) is 52.5 Å². The second-order valence-corrected chi connectivity index (χ2v) is 4.22. The van der Waals surface area contributed by atoms with Gasteiger partial charge in [-0.1, -0.05) is 6.07 Å². The van der Waals surface area contributed by atoms with E-state index in [0.717, 1.165) is 23.1 Å².